The Kier molecular flexibility index (Phi) is 7.87. The Balaban J connectivity index is 3.07. The van der Waals surface area contributed by atoms with E-state index in [4.69, 9.17) is 0 Å². The highest BCUT2D eigenvalue weighted by Crippen LogP contribution is 2.29. The number of nitrogens with zero attached hydrogens (tertiary/aromatic N) is 1. The first kappa shape index (κ1) is 21.4. The molecule has 25 heavy (non-hydrogen) atoms. The molecule has 2 nitrogen and oxygen atoms in total. The maximum atomic E-state index is 12.7. The summed E-state index contributed by atoms with van der Waals surface area (Å²) in [6, 6.07) is 4.90. The summed E-state index contributed by atoms with van der Waals surface area (Å²) < 4.78 is 38.2. The molecule has 0 fully saturated rings. The summed E-state index contributed by atoms with van der Waals surface area (Å²) in [6.07, 6.45) is -1.37. The third-order valence-corrected chi connectivity index (χ3v) is 4.26. The van der Waals surface area contributed by atoms with Gasteiger partial charge in [0.05, 0.1) is 11.6 Å². The van der Waals surface area contributed by atoms with Gasteiger partial charge in [0.1, 0.15) is 0 Å². The fourth-order valence-electron chi connectivity index (χ4n) is 2.83. The molecule has 0 aromatic heterocycles. The standard InChI is InChI=1S/C20H28F3NO/c1-6-7-12-24(15(4)5)18(19(25)14(2)3)13-16-8-10-17(11-9-16)20(21,22)23/h6,8-11,14-15,18H,1,7,12-13H2,2-5H3/t18-/m0/s1. The molecule has 1 atom stereocenters. The van der Waals surface area contributed by atoms with Gasteiger partial charge in [-0.15, -0.1) is 6.58 Å². The van der Waals surface area contributed by atoms with Crippen LogP contribution in [0.5, 0.6) is 0 Å². The summed E-state index contributed by atoms with van der Waals surface area (Å²) in [6.45, 7) is 12.2. The van der Waals surface area contributed by atoms with E-state index >= 15 is 0 Å². The van der Waals surface area contributed by atoms with Gasteiger partial charge in [-0.2, -0.15) is 13.2 Å². The minimum absolute atomic E-state index is 0.109. The van der Waals surface area contributed by atoms with Crippen LogP contribution in [-0.2, 0) is 17.4 Å². The third-order valence-electron chi connectivity index (χ3n) is 4.26. The predicted molar refractivity (Wildman–Crippen MR) is 95.4 cm³/mol. The SMILES string of the molecule is C=CCCN(C(C)C)[C@@H](Cc1ccc(C(F)(F)F)cc1)C(=O)C(C)C. The van der Waals surface area contributed by atoms with Gasteiger partial charge in [0.2, 0.25) is 0 Å². The molecule has 1 rings (SSSR count). The van der Waals surface area contributed by atoms with E-state index in [-0.39, 0.29) is 23.8 Å². The average molecular weight is 355 g/mol. The van der Waals surface area contributed by atoms with Crippen molar-refractivity contribution >= 4 is 5.78 Å². The number of hydrogen-bond donors (Lipinski definition) is 0. The monoisotopic (exact) mass is 355 g/mol. The van der Waals surface area contributed by atoms with E-state index < -0.39 is 11.7 Å². The van der Waals surface area contributed by atoms with E-state index in [1.807, 2.05) is 33.8 Å². The summed E-state index contributed by atoms with van der Waals surface area (Å²) in [5, 5.41) is 0. The van der Waals surface area contributed by atoms with Gasteiger partial charge in [0, 0.05) is 18.5 Å². The van der Waals surface area contributed by atoms with Gasteiger partial charge in [0.15, 0.2) is 5.78 Å². The number of ketones is 1. The van der Waals surface area contributed by atoms with Crippen molar-refractivity contribution in [1.82, 2.24) is 4.90 Å². The number of carbonyl (C=O) groups is 1. The molecule has 0 heterocycles. The fourth-order valence-corrected chi connectivity index (χ4v) is 2.83. The topological polar surface area (TPSA) is 20.3 Å². The molecule has 0 spiro atoms. The number of rotatable bonds is 9. The molecule has 0 radical (unpaired) electrons. The van der Waals surface area contributed by atoms with Gasteiger partial charge < -0.3 is 0 Å². The molecule has 0 aliphatic carbocycles. The predicted octanol–water partition coefficient (Wildman–Crippen LogP) is 5.13. The Morgan fingerprint density at radius 2 is 1.72 bits per heavy atom. The van der Waals surface area contributed by atoms with Crippen LogP contribution in [0.2, 0.25) is 0 Å². The quantitative estimate of drug-likeness (QED) is 0.573. The number of carbonyl (C=O) groups excluding carboxylic acids is 1. The molecule has 0 N–H and O–H groups in total. The van der Waals surface area contributed by atoms with Gasteiger partial charge in [0.25, 0.3) is 0 Å². The molecular weight excluding hydrogens is 327 g/mol. The van der Waals surface area contributed by atoms with Crippen molar-refractivity contribution in [2.24, 2.45) is 5.92 Å². The van der Waals surface area contributed by atoms with Crippen LogP contribution in [0.3, 0.4) is 0 Å². The van der Waals surface area contributed by atoms with Crippen LogP contribution in [-0.4, -0.2) is 29.3 Å². The van der Waals surface area contributed by atoms with E-state index in [0.717, 1.165) is 24.1 Å². The van der Waals surface area contributed by atoms with Crippen LogP contribution in [0.1, 0.15) is 45.2 Å². The lowest BCUT2D eigenvalue weighted by atomic mass is 9.93. The molecule has 0 aliphatic rings. The van der Waals surface area contributed by atoms with Crippen LogP contribution >= 0.6 is 0 Å². The summed E-state index contributed by atoms with van der Waals surface area (Å²) in [5.74, 6) is -0.0258. The molecule has 0 saturated carbocycles. The molecule has 1 aromatic rings. The van der Waals surface area contributed by atoms with Crippen molar-refractivity contribution in [1.29, 1.82) is 0 Å². The first-order chi connectivity index (χ1) is 11.6. The molecule has 0 aliphatic heterocycles. The van der Waals surface area contributed by atoms with Crippen molar-refractivity contribution in [2.75, 3.05) is 6.54 Å². The molecular formula is C20H28F3NO. The smallest absolute Gasteiger partial charge is 0.298 e. The van der Waals surface area contributed by atoms with Crippen molar-refractivity contribution in [3.05, 3.63) is 48.0 Å². The third kappa shape index (κ3) is 6.31. The molecule has 0 amide bonds. The van der Waals surface area contributed by atoms with Crippen LogP contribution in [0.4, 0.5) is 13.2 Å². The first-order valence-electron chi connectivity index (χ1n) is 8.64. The lowest BCUT2D eigenvalue weighted by Gasteiger charge is -2.35. The van der Waals surface area contributed by atoms with Crippen LogP contribution in [0, 0.1) is 5.92 Å². The summed E-state index contributed by atoms with van der Waals surface area (Å²) >= 11 is 0. The fraction of sp³-hybridized carbons (Fsp3) is 0.550. The Hall–Kier alpha value is -1.62. The van der Waals surface area contributed by atoms with Crippen LogP contribution in [0.25, 0.3) is 0 Å². The molecule has 0 unspecified atom stereocenters. The van der Waals surface area contributed by atoms with Crippen molar-refractivity contribution in [3.63, 3.8) is 0 Å². The maximum absolute atomic E-state index is 12.7. The first-order valence-corrected chi connectivity index (χ1v) is 8.64. The van der Waals surface area contributed by atoms with Crippen LogP contribution < -0.4 is 0 Å². The number of Topliss-reactive ketones (excluding diaryl/α,β-unsaturated/α-hetero) is 1. The van der Waals surface area contributed by atoms with E-state index in [0.29, 0.717) is 13.0 Å². The van der Waals surface area contributed by atoms with E-state index in [9.17, 15) is 18.0 Å². The summed E-state index contributed by atoms with van der Waals surface area (Å²) in [4.78, 5) is 14.8. The molecule has 0 bridgehead atoms. The zero-order chi connectivity index (χ0) is 19.2. The Morgan fingerprint density at radius 1 is 1.16 bits per heavy atom. The second kappa shape index (κ2) is 9.18. The second-order valence-corrected chi connectivity index (χ2v) is 6.88. The van der Waals surface area contributed by atoms with E-state index in [1.54, 1.807) is 0 Å². The highest BCUT2D eigenvalue weighted by Gasteiger charge is 2.31. The van der Waals surface area contributed by atoms with E-state index in [2.05, 4.69) is 11.5 Å². The number of benzene rings is 1. The zero-order valence-corrected chi connectivity index (χ0v) is 15.4. The highest BCUT2D eigenvalue weighted by atomic mass is 19.4. The number of hydrogen-bond acceptors (Lipinski definition) is 2. The van der Waals surface area contributed by atoms with Gasteiger partial charge in [-0.3, -0.25) is 9.69 Å². The van der Waals surface area contributed by atoms with Crippen molar-refractivity contribution < 1.29 is 18.0 Å². The average Bonchev–Trinajstić information content (AvgIpc) is 2.52. The zero-order valence-electron chi connectivity index (χ0n) is 15.4. The molecule has 0 saturated heterocycles. The summed E-state index contributed by atoms with van der Waals surface area (Å²) in [5.41, 5.74) is 0.0617. The highest BCUT2D eigenvalue weighted by molar-refractivity contribution is 5.86. The second-order valence-electron chi connectivity index (χ2n) is 6.88. The van der Waals surface area contributed by atoms with Crippen molar-refractivity contribution in [2.45, 2.75) is 58.8 Å². The van der Waals surface area contributed by atoms with Crippen LogP contribution in [0.15, 0.2) is 36.9 Å². The van der Waals surface area contributed by atoms with Gasteiger partial charge in [-0.05, 0) is 44.4 Å². The Bertz CT molecular complexity index is 561. The minimum Gasteiger partial charge on any atom is -0.298 e. The molecule has 140 valence electrons. The lowest BCUT2D eigenvalue weighted by molar-refractivity contribution is -0.137. The largest absolute Gasteiger partial charge is 0.416 e. The van der Waals surface area contributed by atoms with Gasteiger partial charge in [-0.1, -0.05) is 32.1 Å². The Morgan fingerprint density at radius 3 is 2.12 bits per heavy atom. The minimum atomic E-state index is -4.35. The lowest BCUT2D eigenvalue weighted by Crippen LogP contribution is -2.48. The van der Waals surface area contributed by atoms with Crippen molar-refractivity contribution in [3.8, 4) is 0 Å². The Labute approximate surface area is 148 Å². The maximum Gasteiger partial charge on any atom is 0.416 e. The summed E-state index contributed by atoms with van der Waals surface area (Å²) in [7, 11) is 0. The van der Waals surface area contributed by atoms with Gasteiger partial charge >= 0.3 is 6.18 Å². The molecule has 5 heteroatoms. The number of alkyl halides is 3. The number of halogens is 3. The normalized spacial score (nSPS) is 13.5. The van der Waals surface area contributed by atoms with Gasteiger partial charge in [-0.25, -0.2) is 0 Å². The molecule has 1 aromatic carbocycles. The van der Waals surface area contributed by atoms with E-state index in [1.165, 1.54) is 12.1 Å².